The zero-order valence-corrected chi connectivity index (χ0v) is 24.0. The van der Waals surface area contributed by atoms with Crippen LogP contribution in [-0.2, 0) is 0 Å². The lowest BCUT2D eigenvalue weighted by atomic mass is 10.0. The van der Waals surface area contributed by atoms with E-state index in [9.17, 15) is 0 Å². The number of aromatic nitrogens is 4. The summed E-state index contributed by atoms with van der Waals surface area (Å²) < 4.78 is 15.3. The molecule has 5 aromatic heterocycles. The molecule has 0 aliphatic carbocycles. The largest absolute Gasteiger partial charge is 0.424 e. The molecule has 6 heteroatoms. The smallest absolute Gasteiger partial charge is 0.299 e. The van der Waals surface area contributed by atoms with Crippen LogP contribution in [0.5, 0.6) is 0 Å². The number of nitrogens with zero attached hydrogens (tertiary/aromatic N) is 4. The van der Waals surface area contributed by atoms with Crippen LogP contribution in [0.2, 0.25) is 0 Å². The molecule has 0 amide bonds. The SMILES string of the molecule is CC.CC(C)c1nc2ccccc2n1-c1ncc(-c2ccccc2)c2oc3oc4c(-c5ccccc5)cncc4c3c12. The van der Waals surface area contributed by atoms with Gasteiger partial charge in [0.05, 0.1) is 27.2 Å². The van der Waals surface area contributed by atoms with Crippen molar-refractivity contribution in [3.05, 3.63) is 109 Å². The number of hydrogen-bond acceptors (Lipinski definition) is 5. The quantitative estimate of drug-likeness (QED) is 0.218. The van der Waals surface area contributed by atoms with Crippen molar-refractivity contribution in [3.8, 4) is 28.1 Å². The molecule has 5 heterocycles. The predicted octanol–water partition coefficient (Wildman–Crippen LogP) is 9.94. The average molecular weight is 551 g/mol. The third-order valence-corrected chi connectivity index (χ3v) is 7.51. The summed E-state index contributed by atoms with van der Waals surface area (Å²) in [6.45, 7) is 8.31. The summed E-state index contributed by atoms with van der Waals surface area (Å²) in [5, 5.41) is 2.63. The molecule has 6 nitrogen and oxygen atoms in total. The van der Waals surface area contributed by atoms with E-state index in [2.05, 4.69) is 53.7 Å². The van der Waals surface area contributed by atoms with Gasteiger partial charge in [-0.1, -0.05) is 100 Å². The number of furan rings is 2. The van der Waals surface area contributed by atoms with Crippen molar-refractivity contribution in [2.24, 2.45) is 0 Å². The Balaban J connectivity index is 0.00000141. The van der Waals surface area contributed by atoms with E-state index in [1.807, 2.05) is 87.0 Å². The van der Waals surface area contributed by atoms with Crippen LogP contribution < -0.4 is 0 Å². The van der Waals surface area contributed by atoms with E-state index < -0.39 is 0 Å². The molecule has 0 aliphatic heterocycles. The molecular formula is C36H30N4O2. The summed E-state index contributed by atoms with van der Waals surface area (Å²) in [7, 11) is 0. The number of rotatable bonds is 4. The Labute approximate surface area is 243 Å². The van der Waals surface area contributed by atoms with Crippen LogP contribution in [0.3, 0.4) is 0 Å². The number of pyridine rings is 2. The molecule has 0 bridgehead atoms. The minimum atomic E-state index is 0.174. The van der Waals surface area contributed by atoms with Crippen LogP contribution in [0.25, 0.3) is 72.2 Å². The predicted molar refractivity (Wildman–Crippen MR) is 170 cm³/mol. The highest BCUT2D eigenvalue weighted by molar-refractivity contribution is 6.23. The first-order chi connectivity index (χ1) is 20.7. The van der Waals surface area contributed by atoms with Crippen LogP contribution >= 0.6 is 0 Å². The van der Waals surface area contributed by atoms with Crippen LogP contribution in [0, 0.1) is 0 Å². The second-order valence-corrected chi connectivity index (χ2v) is 10.3. The van der Waals surface area contributed by atoms with Crippen molar-refractivity contribution < 1.29 is 8.83 Å². The first kappa shape index (κ1) is 25.7. The number of hydrogen-bond donors (Lipinski definition) is 0. The maximum absolute atomic E-state index is 6.60. The van der Waals surface area contributed by atoms with Gasteiger partial charge in [-0.25, -0.2) is 9.97 Å². The van der Waals surface area contributed by atoms with Gasteiger partial charge in [-0.15, -0.1) is 0 Å². The summed E-state index contributed by atoms with van der Waals surface area (Å²) >= 11 is 0. The molecule has 0 atom stereocenters. The third-order valence-electron chi connectivity index (χ3n) is 7.51. The van der Waals surface area contributed by atoms with Crippen molar-refractivity contribution in [2.75, 3.05) is 0 Å². The maximum atomic E-state index is 6.60. The van der Waals surface area contributed by atoms with Crippen LogP contribution in [0.4, 0.5) is 0 Å². The van der Waals surface area contributed by atoms with Crippen LogP contribution in [0.1, 0.15) is 39.4 Å². The minimum absolute atomic E-state index is 0.174. The summed E-state index contributed by atoms with van der Waals surface area (Å²) in [6.07, 6.45) is 5.60. The summed E-state index contributed by atoms with van der Waals surface area (Å²) in [5.74, 6) is 2.33. The van der Waals surface area contributed by atoms with Crippen molar-refractivity contribution >= 4 is 44.1 Å². The highest BCUT2D eigenvalue weighted by Gasteiger charge is 2.27. The minimum Gasteiger partial charge on any atom is -0.424 e. The van der Waals surface area contributed by atoms with Gasteiger partial charge >= 0.3 is 0 Å². The summed E-state index contributed by atoms with van der Waals surface area (Å²) in [4.78, 5) is 14.7. The first-order valence-corrected chi connectivity index (χ1v) is 14.4. The average Bonchev–Trinajstić information content (AvgIpc) is 3.73. The van der Waals surface area contributed by atoms with Gasteiger partial charge in [0.2, 0.25) is 0 Å². The molecule has 0 unspecified atom stereocenters. The number of para-hydroxylation sites is 2. The molecule has 42 heavy (non-hydrogen) atoms. The van der Waals surface area contributed by atoms with Crippen molar-refractivity contribution in [1.29, 1.82) is 0 Å². The van der Waals surface area contributed by atoms with E-state index in [1.54, 1.807) is 0 Å². The number of benzene rings is 3. The standard InChI is InChI=1S/C34H24N4O2.C2H6/c1-20(2)32-37-26-15-9-10-16-27(26)38(32)33-29-28-25-18-35-17-23(21-11-5-3-6-12-21)30(25)39-34(28)40-31(29)24(19-36-33)22-13-7-4-8-14-22;1-2/h3-20H,1-2H3;1-2H3. The molecule has 0 aliphatic rings. The molecule has 0 saturated heterocycles. The topological polar surface area (TPSA) is 69.9 Å². The number of imidazole rings is 1. The summed E-state index contributed by atoms with van der Waals surface area (Å²) in [6, 6.07) is 28.5. The lowest BCUT2D eigenvalue weighted by Crippen LogP contribution is -2.06. The fourth-order valence-corrected chi connectivity index (χ4v) is 5.68. The Hall–Kier alpha value is -5.23. The molecule has 0 saturated carbocycles. The van der Waals surface area contributed by atoms with Crippen molar-refractivity contribution in [1.82, 2.24) is 19.5 Å². The highest BCUT2D eigenvalue weighted by atomic mass is 16.5. The molecule has 8 rings (SSSR count). The molecule has 0 radical (unpaired) electrons. The fourth-order valence-electron chi connectivity index (χ4n) is 5.68. The molecule has 0 N–H and O–H groups in total. The second kappa shape index (κ2) is 10.3. The first-order valence-electron chi connectivity index (χ1n) is 14.4. The Morgan fingerprint density at radius 1 is 0.667 bits per heavy atom. The Morgan fingerprint density at radius 2 is 1.29 bits per heavy atom. The fraction of sp³-hybridized carbons (Fsp3) is 0.139. The van der Waals surface area contributed by atoms with Crippen LogP contribution in [-0.4, -0.2) is 19.5 Å². The van der Waals surface area contributed by atoms with E-state index in [0.29, 0.717) is 5.78 Å². The van der Waals surface area contributed by atoms with E-state index >= 15 is 0 Å². The van der Waals surface area contributed by atoms with E-state index in [0.717, 1.165) is 72.3 Å². The van der Waals surface area contributed by atoms with Gasteiger partial charge in [-0.2, -0.15) is 0 Å². The van der Waals surface area contributed by atoms with Crippen molar-refractivity contribution in [2.45, 2.75) is 33.6 Å². The Kier molecular flexibility index (Phi) is 6.31. The molecule has 0 spiro atoms. The van der Waals surface area contributed by atoms with Gasteiger partial charge in [-0.3, -0.25) is 9.55 Å². The van der Waals surface area contributed by atoms with E-state index in [4.69, 9.17) is 18.8 Å². The molecule has 206 valence electrons. The van der Waals surface area contributed by atoms with E-state index in [1.165, 1.54) is 0 Å². The van der Waals surface area contributed by atoms with Gasteiger partial charge in [-0.05, 0) is 23.3 Å². The third kappa shape index (κ3) is 3.90. The molecule has 0 fully saturated rings. The van der Waals surface area contributed by atoms with Gasteiger partial charge < -0.3 is 8.83 Å². The van der Waals surface area contributed by atoms with Gasteiger partial charge in [0.25, 0.3) is 5.78 Å². The van der Waals surface area contributed by atoms with Crippen LogP contribution in [0.15, 0.2) is 112 Å². The Bertz CT molecular complexity index is 2190. The van der Waals surface area contributed by atoms with Gasteiger partial charge in [0, 0.05) is 35.6 Å². The molecule has 8 aromatic rings. The highest BCUT2D eigenvalue weighted by Crippen LogP contribution is 2.45. The Morgan fingerprint density at radius 3 is 1.98 bits per heavy atom. The summed E-state index contributed by atoms with van der Waals surface area (Å²) in [5.41, 5.74) is 7.28. The monoisotopic (exact) mass is 550 g/mol. The zero-order valence-electron chi connectivity index (χ0n) is 24.0. The second-order valence-electron chi connectivity index (χ2n) is 10.3. The lowest BCUT2D eigenvalue weighted by molar-refractivity contribution is 0.525. The van der Waals surface area contributed by atoms with Gasteiger partial charge in [0.15, 0.2) is 11.4 Å². The van der Waals surface area contributed by atoms with E-state index in [-0.39, 0.29) is 5.92 Å². The maximum Gasteiger partial charge on any atom is 0.299 e. The number of fused-ring (bicyclic) bond motifs is 6. The van der Waals surface area contributed by atoms with Crippen molar-refractivity contribution in [3.63, 3.8) is 0 Å². The lowest BCUT2D eigenvalue weighted by Gasteiger charge is -2.13. The molecular weight excluding hydrogens is 520 g/mol. The molecule has 3 aromatic carbocycles. The zero-order chi connectivity index (χ0) is 28.8. The van der Waals surface area contributed by atoms with Gasteiger partial charge in [0.1, 0.15) is 11.4 Å². The normalized spacial score (nSPS) is 11.5.